The molecule has 1 aliphatic rings. The first-order valence-electron chi connectivity index (χ1n) is 7.53. The van der Waals surface area contributed by atoms with Crippen LogP contribution in [-0.4, -0.2) is 43.9 Å². The van der Waals surface area contributed by atoms with E-state index in [0.717, 1.165) is 38.4 Å². The number of sulfonamides is 1. The second-order valence-corrected chi connectivity index (χ2v) is 7.70. The van der Waals surface area contributed by atoms with Gasteiger partial charge in [-0.05, 0) is 44.5 Å². The largest absolute Gasteiger partial charge is 0.299 e. The van der Waals surface area contributed by atoms with Crippen LogP contribution in [0.3, 0.4) is 0 Å². The second-order valence-electron chi connectivity index (χ2n) is 5.53. The Morgan fingerprint density at radius 1 is 1.39 bits per heavy atom. The van der Waals surface area contributed by atoms with E-state index in [1.165, 1.54) is 12.1 Å². The predicted molar refractivity (Wildman–Crippen MR) is 88.2 cm³/mol. The van der Waals surface area contributed by atoms with E-state index in [1.54, 1.807) is 0 Å². The third-order valence-corrected chi connectivity index (χ3v) is 5.75. The number of nitro groups is 1. The van der Waals surface area contributed by atoms with E-state index in [4.69, 9.17) is 11.6 Å². The second kappa shape index (κ2) is 7.57. The maximum Gasteiger partial charge on any atom is 0.290 e. The van der Waals surface area contributed by atoms with Crippen molar-refractivity contribution in [1.82, 2.24) is 9.62 Å². The summed E-state index contributed by atoms with van der Waals surface area (Å²) in [4.78, 5) is 12.2. The SMILES string of the molecule is CC[C@@H](CNS(=O)(=O)c1ccc(Cl)cc1[N+](=O)[O-])N1CCCC1. The van der Waals surface area contributed by atoms with Gasteiger partial charge in [0.05, 0.1) is 4.92 Å². The number of likely N-dealkylation sites (tertiary alicyclic amines) is 1. The normalized spacial score (nSPS) is 17.3. The molecule has 0 aliphatic carbocycles. The summed E-state index contributed by atoms with van der Waals surface area (Å²) in [5, 5.41) is 11.2. The van der Waals surface area contributed by atoms with Crippen molar-refractivity contribution in [2.24, 2.45) is 0 Å². The molecule has 0 saturated carbocycles. The van der Waals surface area contributed by atoms with E-state index in [-0.39, 0.29) is 22.5 Å². The maximum absolute atomic E-state index is 12.4. The Hall–Kier alpha value is -1.22. The van der Waals surface area contributed by atoms with Gasteiger partial charge in [-0.2, -0.15) is 0 Å². The van der Waals surface area contributed by atoms with Gasteiger partial charge in [-0.3, -0.25) is 15.0 Å². The van der Waals surface area contributed by atoms with E-state index >= 15 is 0 Å². The minimum Gasteiger partial charge on any atom is -0.299 e. The molecule has 0 amide bonds. The van der Waals surface area contributed by atoms with E-state index in [9.17, 15) is 18.5 Å². The zero-order valence-corrected chi connectivity index (χ0v) is 14.4. The van der Waals surface area contributed by atoms with Gasteiger partial charge >= 0.3 is 0 Å². The molecule has 0 spiro atoms. The van der Waals surface area contributed by atoms with Crippen LogP contribution in [0.2, 0.25) is 5.02 Å². The Morgan fingerprint density at radius 3 is 2.61 bits per heavy atom. The third-order valence-electron chi connectivity index (χ3n) is 4.04. The van der Waals surface area contributed by atoms with Gasteiger partial charge in [0.25, 0.3) is 5.69 Å². The lowest BCUT2D eigenvalue weighted by atomic mass is 10.2. The third kappa shape index (κ3) is 4.41. The molecule has 1 aliphatic heterocycles. The first-order chi connectivity index (χ1) is 10.8. The van der Waals surface area contributed by atoms with E-state index < -0.39 is 20.6 Å². The Balaban J connectivity index is 2.17. The fourth-order valence-corrected chi connectivity index (χ4v) is 4.17. The summed E-state index contributed by atoms with van der Waals surface area (Å²) in [6, 6.07) is 3.65. The fourth-order valence-electron chi connectivity index (χ4n) is 2.78. The summed E-state index contributed by atoms with van der Waals surface area (Å²) in [6.07, 6.45) is 3.04. The van der Waals surface area contributed by atoms with Gasteiger partial charge in [-0.1, -0.05) is 18.5 Å². The first-order valence-corrected chi connectivity index (χ1v) is 9.39. The fraction of sp³-hybridized carbons (Fsp3) is 0.571. The van der Waals surface area contributed by atoms with Gasteiger partial charge in [0, 0.05) is 23.7 Å². The van der Waals surface area contributed by atoms with Crippen molar-refractivity contribution in [3.63, 3.8) is 0 Å². The lowest BCUT2D eigenvalue weighted by Gasteiger charge is -2.26. The number of halogens is 1. The zero-order chi connectivity index (χ0) is 17.0. The Kier molecular flexibility index (Phi) is 5.96. The van der Waals surface area contributed by atoms with Crippen LogP contribution in [0.25, 0.3) is 0 Å². The molecule has 0 radical (unpaired) electrons. The van der Waals surface area contributed by atoms with Gasteiger partial charge in [0.2, 0.25) is 10.0 Å². The number of nitrogens with one attached hydrogen (secondary N) is 1. The van der Waals surface area contributed by atoms with Gasteiger partial charge in [0.15, 0.2) is 4.90 Å². The van der Waals surface area contributed by atoms with Crippen molar-refractivity contribution in [3.05, 3.63) is 33.3 Å². The molecule has 1 atom stereocenters. The van der Waals surface area contributed by atoms with Crippen LogP contribution >= 0.6 is 11.6 Å². The summed E-state index contributed by atoms with van der Waals surface area (Å²) in [5.41, 5.74) is -0.515. The molecular weight excluding hydrogens is 342 g/mol. The number of rotatable bonds is 7. The number of benzene rings is 1. The van der Waals surface area contributed by atoms with Crippen LogP contribution in [0.15, 0.2) is 23.1 Å². The van der Waals surface area contributed by atoms with E-state index in [1.807, 2.05) is 6.92 Å². The average Bonchev–Trinajstić information content (AvgIpc) is 3.01. The number of hydrogen-bond acceptors (Lipinski definition) is 5. The Morgan fingerprint density at radius 2 is 2.04 bits per heavy atom. The average molecular weight is 362 g/mol. The Labute approximate surface area is 140 Å². The van der Waals surface area contributed by atoms with Crippen LogP contribution in [0.4, 0.5) is 5.69 Å². The van der Waals surface area contributed by atoms with Gasteiger partial charge < -0.3 is 0 Å². The van der Waals surface area contributed by atoms with Crippen molar-refractivity contribution in [2.45, 2.75) is 37.1 Å². The smallest absolute Gasteiger partial charge is 0.290 e. The lowest BCUT2D eigenvalue weighted by Crippen LogP contribution is -2.42. The molecule has 2 rings (SSSR count). The van der Waals surface area contributed by atoms with Crippen molar-refractivity contribution in [1.29, 1.82) is 0 Å². The molecular formula is C14H20ClN3O4S. The molecule has 0 aromatic heterocycles. The molecule has 1 N–H and O–H groups in total. The summed E-state index contributed by atoms with van der Waals surface area (Å²) >= 11 is 5.72. The van der Waals surface area contributed by atoms with Crippen molar-refractivity contribution in [2.75, 3.05) is 19.6 Å². The van der Waals surface area contributed by atoms with E-state index in [0.29, 0.717) is 0 Å². The Bertz CT molecular complexity index is 675. The summed E-state index contributed by atoms with van der Waals surface area (Å²) in [7, 11) is -3.96. The van der Waals surface area contributed by atoms with Crippen LogP contribution in [0.5, 0.6) is 0 Å². The van der Waals surface area contributed by atoms with E-state index in [2.05, 4.69) is 9.62 Å². The van der Waals surface area contributed by atoms with Gasteiger partial charge in [-0.25, -0.2) is 13.1 Å². The molecule has 128 valence electrons. The molecule has 1 fully saturated rings. The summed E-state index contributed by atoms with van der Waals surface area (Å²) in [6.45, 7) is 4.16. The van der Waals surface area contributed by atoms with Crippen molar-refractivity contribution >= 4 is 27.3 Å². The monoisotopic (exact) mass is 361 g/mol. The van der Waals surface area contributed by atoms with Crippen LogP contribution in [0.1, 0.15) is 26.2 Å². The molecule has 1 saturated heterocycles. The molecule has 1 heterocycles. The first kappa shape index (κ1) is 18.1. The minimum absolute atomic E-state index is 0.0960. The predicted octanol–water partition coefficient (Wildman–Crippen LogP) is 2.40. The van der Waals surface area contributed by atoms with Crippen LogP contribution in [-0.2, 0) is 10.0 Å². The number of nitrogens with zero attached hydrogens (tertiary/aromatic N) is 2. The lowest BCUT2D eigenvalue weighted by molar-refractivity contribution is -0.387. The van der Waals surface area contributed by atoms with Crippen molar-refractivity contribution in [3.8, 4) is 0 Å². The topological polar surface area (TPSA) is 92.5 Å². The quantitative estimate of drug-likeness (QED) is 0.594. The van der Waals surface area contributed by atoms with Crippen molar-refractivity contribution < 1.29 is 13.3 Å². The summed E-state index contributed by atoms with van der Waals surface area (Å²) < 4.78 is 27.4. The molecule has 7 nitrogen and oxygen atoms in total. The highest BCUT2D eigenvalue weighted by atomic mass is 35.5. The highest BCUT2D eigenvalue weighted by Gasteiger charge is 2.28. The highest BCUT2D eigenvalue weighted by molar-refractivity contribution is 7.89. The molecule has 0 bridgehead atoms. The molecule has 0 unspecified atom stereocenters. The van der Waals surface area contributed by atoms with Crippen LogP contribution in [0, 0.1) is 10.1 Å². The standard InChI is InChI=1S/C14H20ClN3O4S/c1-2-12(17-7-3-4-8-17)10-16-23(21,22)14-6-5-11(15)9-13(14)18(19)20/h5-6,9,12,16H,2-4,7-8,10H2,1H3/t12-/m0/s1. The number of hydrogen-bond donors (Lipinski definition) is 1. The molecule has 1 aromatic rings. The number of nitro benzene ring substituents is 1. The molecule has 1 aromatic carbocycles. The minimum atomic E-state index is -3.96. The molecule has 23 heavy (non-hydrogen) atoms. The van der Waals surface area contributed by atoms with Gasteiger partial charge in [0.1, 0.15) is 0 Å². The maximum atomic E-state index is 12.4. The summed E-state index contributed by atoms with van der Waals surface area (Å²) in [5.74, 6) is 0. The zero-order valence-electron chi connectivity index (χ0n) is 12.9. The van der Waals surface area contributed by atoms with Crippen LogP contribution < -0.4 is 4.72 Å². The molecule has 9 heteroatoms. The highest BCUT2D eigenvalue weighted by Crippen LogP contribution is 2.27. The van der Waals surface area contributed by atoms with Gasteiger partial charge in [-0.15, -0.1) is 0 Å².